The first-order chi connectivity index (χ1) is 12.6. The molecule has 7 heteroatoms. The molecule has 0 radical (unpaired) electrons. The van der Waals surface area contributed by atoms with Gasteiger partial charge >= 0.3 is 11.8 Å². The van der Waals surface area contributed by atoms with Crippen molar-refractivity contribution >= 4 is 35.0 Å². The monoisotopic (exact) mass is 412 g/mol. The average Bonchev–Trinajstić information content (AvgIpc) is 2.52. The summed E-state index contributed by atoms with van der Waals surface area (Å²) in [7, 11) is 0. The van der Waals surface area contributed by atoms with Gasteiger partial charge in [-0.15, -0.1) is 0 Å². The van der Waals surface area contributed by atoms with Crippen LogP contribution in [0.4, 0.5) is 0 Å². The van der Waals surface area contributed by atoms with Crippen molar-refractivity contribution in [3.8, 4) is 0 Å². The number of rotatable bonds is 3. The summed E-state index contributed by atoms with van der Waals surface area (Å²) in [4.78, 5) is 25.3. The maximum absolute atomic E-state index is 12.9. The van der Waals surface area contributed by atoms with E-state index in [2.05, 4.69) is 0 Å². The third kappa shape index (κ3) is 3.86. The van der Waals surface area contributed by atoms with E-state index in [9.17, 15) is 14.7 Å². The van der Waals surface area contributed by atoms with Crippen LogP contribution in [0.5, 0.6) is 0 Å². The zero-order valence-electron chi connectivity index (χ0n) is 15.5. The van der Waals surface area contributed by atoms with Crippen LogP contribution in [-0.4, -0.2) is 29.3 Å². The zero-order valence-corrected chi connectivity index (χ0v) is 17.0. The quantitative estimate of drug-likeness (QED) is 0.744. The minimum Gasteiger partial charge on any atom is -0.461 e. The van der Waals surface area contributed by atoms with Gasteiger partial charge in [0.05, 0.1) is 6.61 Å². The molecular formula is C20H22Cl2O5. The van der Waals surface area contributed by atoms with Gasteiger partial charge in [-0.25, -0.2) is 4.79 Å². The first-order valence-corrected chi connectivity index (χ1v) is 9.62. The van der Waals surface area contributed by atoms with E-state index in [1.54, 1.807) is 25.1 Å². The lowest BCUT2D eigenvalue weighted by molar-refractivity contribution is -0.225. The number of carbonyl (C=O) groups excluding carboxylic acids is 2. The molecule has 0 spiro atoms. The van der Waals surface area contributed by atoms with Crippen molar-refractivity contribution in [3.05, 3.63) is 45.1 Å². The Morgan fingerprint density at radius 1 is 1.33 bits per heavy atom. The van der Waals surface area contributed by atoms with Crippen LogP contribution in [-0.2, 0) is 19.1 Å². The summed E-state index contributed by atoms with van der Waals surface area (Å²) in [5.41, 5.74) is 0.747. The van der Waals surface area contributed by atoms with Crippen LogP contribution in [0.3, 0.4) is 0 Å². The van der Waals surface area contributed by atoms with E-state index in [1.165, 1.54) is 0 Å². The van der Waals surface area contributed by atoms with Crippen molar-refractivity contribution in [1.29, 1.82) is 0 Å². The van der Waals surface area contributed by atoms with E-state index < -0.39 is 17.7 Å². The third-order valence-electron chi connectivity index (χ3n) is 4.93. The van der Waals surface area contributed by atoms with Gasteiger partial charge in [0, 0.05) is 40.8 Å². The van der Waals surface area contributed by atoms with Crippen molar-refractivity contribution in [2.75, 3.05) is 6.61 Å². The fraction of sp³-hybridized carbons (Fsp3) is 0.500. The van der Waals surface area contributed by atoms with Gasteiger partial charge in [0.15, 0.2) is 5.78 Å². The van der Waals surface area contributed by atoms with E-state index in [4.69, 9.17) is 32.7 Å². The van der Waals surface area contributed by atoms with Gasteiger partial charge in [-0.05, 0) is 30.0 Å². The second-order valence-electron chi connectivity index (χ2n) is 7.81. The predicted octanol–water partition coefficient (Wildman–Crippen LogP) is 4.39. The fourth-order valence-electron chi connectivity index (χ4n) is 3.80. The molecule has 5 nitrogen and oxygen atoms in total. The number of hydrogen-bond acceptors (Lipinski definition) is 5. The number of allylic oxidation sites excluding steroid dienone is 2. The Kier molecular flexibility index (Phi) is 5.32. The maximum atomic E-state index is 12.9. The molecule has 0 amide bonds. The Bertz CT molecular complexity index is 830. The minimum absolute atomic E-state index is 0.0665. The smallest absolute Gasteiger partial charge is 0.379 e. The Hall–Kier alpha value is -1.56. The molecule has 1 aromatic rings. The van der Waals surface area contributed by atoms with E-state index in [1.807, 2.05) is 13.8 Å². The third-order valence-corrected chi connectivity index (χ3v) is 5.50. The number of halogens is 2. The number of aliphatic hydroxyl groups is 1. The molecule has 0 saturated heterocycles. The SMILES string of the molecule is CCOC(=O)C1(O)C[C@@H](c2ccc(Cl)cc2Cl)C2=C(CC(C)(C)CC2=O)O1. The largest absolute Gasteiger partial charge is 0.461 e. The standard InChI is InChI=1S/C20H22Cl2O5/c1-4-26-18(24)20(25)8-13(12-6-5-11(21)7-14(12)22)17-15(23)9-19(2,3)10-16(17)27-20/h5-7,13,25H,4,8-10H2,1-3H3/t13-,20?/m0/s1. The number of esters is 1. The molecule has 1 N–H and O–H groups in total. The van der Waals surface area contributed by atoms with Crippen molar-refractivity contribution < 1.29 is 24.2 Å². The lowest BCUT2D eigenvalue weighted by Crippen LogP contribution is -2.49. The summed E-state index contributed by atoms with van der Waals surface area (Å²) >= 11 is 12.4. The molecule has 2 atom stereocenters. The van der Waals surface area contributed by atoms with Gasteiger partial charge in [0.1, 0.15) is 5.76 Å². The first kappa shape index (κ1) is 20.2. The minimum atomic E-state index is -2.17. The van der Waals surface area contributed by atoms with Crippen molar-refractivity contribution in [3.63, 3.8) is 0 Å². The molecule has 27 heavy (non-hydrogen) atoms. The van der Waals surface area contributed by atoms with Crippen LogP contribution in [0, 0.1) is 5.41 Å². The normalized spacial score (nSPS) is 27.0. The molecule has 0 fully saturated rings. The van der Waals surface area contributed by atoms with Crippen LogP contribution in [0.25, 0.3) is 0 Å². The average molecular weight is 413 g/mol. The highest BCUT2D eigenvalue weighted by atomic mass is 35.5. The van der Waals surface area contributed by atoms with Crippen molar-refractivity contribution in [2.24, 2.45) is 5.41 Å². The fourth-order valence-corrected chi connectivity index (χ4v) is 4.34. The number of ketones is 1. The second-order valence-corrected chi connectivity index (χ2v) is 8.65. The summed E-state index contributed by atoms with van der Waals surface area (Å²) in [5.74, 6) is -3.37. The molecule has 1 aromatic carbocycles. The number of hydrogen-bond donors (Lipinski definition) is 1. The van der Waals surface area contributed by atoms with Gasteiger partial charge < -0.3 is 14.6 Å². The summed E-state index contributed by atoms with van der Waals surface area (Å²) in [5, 5.41) is 11.8. The van der Waals surface area contributed by atoms with Crippen molar-refractivity contribution in [1.82, 2.24) is 0 Å². The van der Waals surface area contributed by atoms with Crippen molar-refractivity contribution in [2.45, 2.75) is 51.7 Å². The van der Waals surface area contributed by atoms with Crippen LogP contribution in [0.2, 0.25) is 10.0 Å². The number of carbonyl (C=O) groups is 2. The summed E-state index contributed by atoms with van der Waals surface area (Å²) < 4.78 is 10.7. The molecule has 146 valence electrons. The highest BCUT2D eigenvalue weighted by molar-refractivity contribution is 6.35. The number of ether oxygens (including phenoxy) is 2. The van der Waals surface area contributed by atoms with Gasteiger partial charge in [-0.3, -0.25) is 4.79 Å². The molecule has 0 bridgehead atoms. The number of Topliss-reactive ketones (excluding diaryl/α,β-unsaturated/α-hetero) is 1. The summed E-state index contributed by atoms with van der Waals surface area (Å²) in [6.07, 6.45) is 0.629. The molecule has 1 aliphatic carbocycles. The van der Waals surface area contributed by atoms with Gasteiger partial charge in [-0.1, -0.05) is 43.1 Å². The molecule has 2 aliphatic rings. The van der Waals surface area contributed by atoms with Crippen LogP contribution in [0.1, 0.15) is 51.5 Å². The number of benzene rings is 1. The molecular weight excluding hydrogens is 391 g/mol. The second kappa shape index (κ2) is 7.12. The van der Waals surface area contributed by atoms with E-state index in [0.29, 0.717) is 39.8 Å². The molecule has 1 heterocycles. The molecule has 0 aromatic heterocycles. The maximum Gasteiger partial charge on any atom is 0.379 e. The lowest BCUT2D eigenvalue weighted by Gasteiger charge is -2.43. The van der Waals surface area contributed by atoms with Gasteiger partial charge in [-0.2, -0.15) is 0 Å². The zero-order chi connectivity index (χ0) is 20.0. The molecule has 0 saturated carbocycles. The Labute approximate surface area is 168 Å². The molecule has 3 rings (SSSR count). The van der Waals surface area contributed by atoms with Crippen LogP contribution in [0.15, 0.2) is 29.5 Å². The highest BCUT2D eigenvalue weighted by Gasteiger charge is 2.52. The van der Waals surface area contributed by atoms with E-state index in [-0.39, 0.29) is 24.2 Å². The Morgan fingerprint density at radius 3 is 2.67 bits per heavy atom. The topological polar surface area (TPSA) is 72.8 Å². The van der Waals surface area contributed by atoms with E-state index >= 15 is 0 Å². The molecule has 1 unspecified atom stereocenters. The predicted molar refractivity (Wildman–Crippen MR) is 102 cm³/mol. The lowest BCUT2D eigenvalue weighted by atomic mass is 9.70. The van der Waals surface area contributed by atoms with E-state index in [0.717, 1.165) is 0 Å². The van der Waals surface area contributed by atoms with Gasteiger partial charge in [0.2, 0.25) is 0 Å². The van der Waals surface area contributed by atoms with Crippen LogP contribution < -0.4 is 0 Å². The van der Waals surface area contributed by atoms with Gasteiger partial charge in [0.25, 0.3) is 0 Å². The Balaban J connectivity index is 2.13. The molecule has 1 aliphatic heterocycles. The first-order valence-electron chi connectivity index (χ1n) is 8.86. The summed E-state index contributed by atoms with van der Waals surface area (Å²) in [6.45, 7) is 5.64. The highest BCUT2D eigenvalue weighted by Crippen LogP contribution is 2.50. The summed E-state index contributed by atoms with van der Waals surface area (Å²) in [6, 6.07) is 4.96. The Morgan fingerprint density at radius 2 is 2.04 bits per heavy atom. The van der Waals surface area contributed by atoms with Crippen LogP contribution >= 0.6 is 23.2 Å².